The molecule has 0 aliphatic carbocycles. The summed E-state index contributed by atoms with van der Waals surface area (Å²) in [5.41, 5.74) is 2.64. The van der Waals surface area contributed by atoms with E-state index in [9.17, 15) is 4.79 Å². The van der Waals surface area contributed by atoms with Gasteiger partial charge in [0.2, 0.25) is 5.91 Å². The van der Waals surface area contributed by atoms with Crippen LogP contribution in [0.15, 0.2) is 12.3 Å². The van der Waals surface area contributed by atoms with Crippen molar-refractivity contribution in [3.63, 3.8) is 0 Å². The largest absolute Gasteiger partial charge is 0.354 e. The van der Waals surface area contributed by atoms with Gasteiger partial charge in [0.15, 0.2) is 10.4 Å². The van der Waals surface area contributed by atoms with Gasteiger partial charge in [0.25, 0.3) is 0 Å². The summed E-state index contributed by atoms with van der Waals surface area (Å²) in [6.07, 6.45) is 1.77. The van der Waals surface area contributed by atoms with Crippen LogP contribution in [0.5, 0.6) is 0 Å². The van der Waals surface area contributed by atoms with Crippen molar-refractivity contribution in [2.45, 2.75) is 27.3 Å². The van der Waals surface area contributed by atoms with E-state index in [2.05, 4.69) is 29.1 Å². The van der Waals surface area contributed by atoms with E-state index < -0.39 is 0 Å². The van der Waals surface area contributed by atoms with Crippen molar-refractivity contribution in [3.05, 3.63) is 22.6 Å². The number of nitrogens with one attached hydrogen (secondary N) is 2. The fourth-order valence-corrected chi connectivity index (χ4v) is 2.07. The summed E-state index contributed by atoms with van der Waals surface area (Å²) in [5, 5.41) is 2.88. The number of aromatic nitrogens is 3. The van der Waals surface area contributed by atoms with Gasteiger partial charge in [0.05, 0.1) is 5.52 Å². The molecule has 0 radical (unpaired) electrons. The third-order valence-corrected chi connectivity index (χ3v) is 3.08. The molecule has 0 spiro atoms. The monoisotopic (exact) mass is 278 g/mol. The highest BCUT2D eigenvalue weighted by Gasteiger charge is 2.10. The van der Waals surface area contributed by atoms with Crippen LogP contribution in [0.3, 0.4) is 0 Å². The summed E-state index contributed by atoms with van der Waals surface area (Å²) in [6.45, 7) is 6.95. The molecule has 2 aromatic rings. The van der Waals surface area contributed by atoms with Crippen molar-refractivity contribution >= 4 is 29.3 Å². The van der Waals surface area contributed by atoms with Crippen LogP contribution in [-0.2, 0) is 11.3 Å². The lowest BCUT2D eigenvalue weighted by atomic mass is 10.2. The molecule has 0 bridgehead atoms. The molecule has 102 valence electrons. The van der Waals surface area contributed by atoms with Gasteiger partial charge in [-0.3, -0.25) is 9.36 Å². The van der Waals surface area contributed by atoms with Gasteiger partial charge < -0.3 is 10.3 Å². The number of fused-ring (bicyclic) bond motifs is 1. The second-order valence-corrected chi connectivity index (χ2v) is 5.48. The smallest absolute Gasteiger partial charge is 0.240 e. The maximum absolute atomic E-state index is 11.9. The lowest BCUT2D eigenvalue weighted by molar-refractivity contribution is -0.121. The fourth-order valence-electron chi connectivity index (χ4n) is 1.81. The van der Waals surface area contributed by atoms with E-state index in [4.69, 9.17) is 12.2 Å². The maximum atomic E-state index is 11.9. The quantitative estimate of drug-likeness (QED) is 0.843. The van der Waals surface area contributed by atoms with E-state index in [-0.39, 0.29) is 12.5 Å². The first kappa shape index (κ1) is 13.7. The van der Waals surface area contributed by atoms with Gasteiger partial charge in [-0.15, -0.1) is 0 Å². The predicted octanol–water partition coefficient (Wildman–Crippen LogP) is 2.17. The molecule has 1 amide bonds. The lowest BCUT2D eigenvalue weighted by Crippen LogP contribution is -2.30. The van der Waals surface area contributed by atoms with Crippen molar-refractivity contribution < 1.29 is 4.79 Å². The number of carbonyl (C=O) groups excluding carboxylic acids is 1. The molecule has 0 fully saturated rings. The van der Waals surface area contributed by atoms with Gasteiger partial charge in [-0.05, 0) is 36.7 Å². The number of amides is 1. The Hall–Kier alpha value is -1.69. The van der Waals surface area contributed by atoms with Crippen LogP contribution in [0.2, 0.25) is 0 Å². The second-order valence-electron chi connectivity index (χ2n) is 5.10. The predicted molar refractivity (Wildman–Crippen MR) is 77.5 cm³/mol. The Morgan fingerprint density at radius 1 is 1.58 bits per heavy atom. The third-order valence-electron chi connectivity index (χ3n) is 2.76. The molecule has 2 heterocycles. The molecule has 0 aromatic carbocycles. The number of rotatable bonds is 4. The molecule has 0 aliphatic rings. The van der Waals surface area contributed by atoms with E-state index in [1.807, 2.05) is 13.0 Å². The lowest BCUT2D eigenvalue weighted by Gasteiger charge is -2.08. The summed E-state index contributed by atoms with van der Waals surface area (Å²) in [7, 11) is 0. The molecule has 0 unspecified atom stereocenters. The van der Waals surface area contributed by atoms with Crippen LogP contribution in [0.4, 0.5) is 0 Å². The van der Waals surface area contributed by atoms with Gasteiger partial charge >= 0.3 is 0 Å². The van der Waals surface area contributed by atoms with E-state index in [1.165, 1.54) is 0 Å². The number of hydrogen-bond acceptors (Lipinski definition) is 3. The van der Waals surface area contributed by atoms with Crippen molar-refractivity contribution in [2.24, 2.45) is 5.92 Å². The minimum Gasteiger partial charge on any atom is -0.354 e. The molecule has 5 nitrogen and oxygen atoms in total. The Morgan fingerprint density at radius 3 is 3.00 bits per heavy atom. The number of hydrogen-bond donors (Lipinski definition) is 2. The molecule has 2 aromatic heterocycles. The Morgan fingerprint density at radius 2 is 2.32 bits per heavy atom. The summed E-state index contributed by atoms with van der Waals surface area (Å²) >= 11 is 5.24. The van der Waals surface area contributed by atoms with Crippen molar-refractivity contribution in [1.29, 1.82) is 0 Å². The van der Waals surface area contributed by atoms with Gasteiger partial charge in [-0.2, -0.15) is 0 Å². The summed E-state index contributed by atoms with van der Waals surface area (Å²) in [6, 6.07) is 1.97. The zero-order chi connectivity index (χ0) is 14.0. The van der Waals surface area contributed by atoms with Crippen LogP contribution in [0, 0.1) is 17.6 Å². The number of H-pyrrole nitrogens is 1. The van der Waals surface area contributed by atoms with Gasteiger partial charge in [-0.25, -0.2) is 4.98 Å². The molecule has 0 atom stereocenters. The Balaban J connectivity index is 2.23. The number of pyridine rings is 1. The van der Waals surface area contributed by atoms with Gasteiger partial charge in [0.1, 0.15) is 6.54 Å². The zero-order valence-corrected chi connectivity index (χ0v) is 12.2. The van der Waals surface area contributed by atoms with E-state index in [1.54, 1.807) is 10.8 Å². The molecule has 2 rings (SSSR count). The zero-order valence-electron chi connectivity index (χ0n) is 11.4. The normalized spacial score (nSPS) is 11.2. The number of carbonyl (C=O) groups is 1. The molecule has 0 saturated carbocycles. The molecule has 0 saturated heterocycles. The van der Waals surface area contributed by atoms with Crippen LogP contribution in [0.25, 0.3) is 11.2 Å². The number of imidazole rings is 1. The minimum absolute atomic E-state index is 0.0481. The standard InChI is InChI=1S/C13H18N4OS/c1-8(2)5-14-11(18)7-17-12-10(16-13(17)19)4-9(3)6-15-12/h4,6,8H,5,7H2,1-3H3,(H,14,18)(H,16,19). The Kier molecular flexibility index (Phi) is 3.99. The maximum Gasteiger partial charge on any atom is 0.240 e. The van der Waals surface area contributed by atoms with Crippen molar-refractivity contribution in [3.8, 4) is 0 Å². The van der Waals surface area contributed by atoms with E-state index in [0.29, 0.717) is 17.2 Å². The first-order chi connectivity index (χ1) is 8.97. The highest BCUT2D eigenvalue weighted by molar-refractivity contribution is 7.71. The topological polar surface area (TPSA) is 62.7 Å². The fraction of sp³-hybridized carbons (Fsp3) is 0.462. The van der Waals surface area contributed by atoms with Crippen molar-refractivity contribution in [1.82, 2.24) is 19.9 Å². The summed E-state index contributed by atoms with van der Waals surface area (Å²) < 4.78 is 2.24. The van der Waals surface area contributed by atoms with E-state index >= 15 is 0 Å². The van der Waals surface area contributed by atoms with Gasteiger partial charge in [-0.1, -0.05) is 13.8 Å². The summed E-state index contributed by atoms with van der Waals surface area (Å²) in [4.78, 5) is 19.3. The average Bonchev–Trinajstić information content (AvgIpc) is 2.62. The van der Waals surface area contributed by atoms with Crippen LogP contribution in [-0.4, -0.2) is 27.0 Å². The Bertz CT molecular complexity index is 656. The molecule has 0 aliphatic heterocycles. The number of aromatic amines is 1. The minimum atomic E-state index is -0.0481. The molecule has 2 N–H and O–H groups in total. The molecule has 19 heavy (non-hydrogen) atoms. The third kappa shape index (κ3) is 3.20. The number of nitrogens with zero attached hydrogens (tertiary/aromatic N) is 2. The first-order valence-corrected chi connectivity index (χ1v) is 6.70. The van der Waals surface area contributed by atoms with Crippen LogP contribution >= 0.6 is 12.2 Å². The molecular formula is C13H18N4OS. The highest BCUT2D eigenvalue weighted by atomic mass is 32.1. The highest BCUT2D eigenvalue weighted by Crippen LogP contribution is 2.12. The van der Waals surface area contributed by atoms with Crippen LogP contribution in [0.1, 0.15) is 19.4 Å². The van der Waals surface area contributed by atoms with Gasteiger partial charge in [0, 0.05) is 12.7 Å². The summed E-state index contributed by atoms with van der Waals surface area (Å²) in [5.74, 6) is 0.383. The SMILES string of the molecule is Cc1cnc2c(c1)[nH]c(=S)n2CC(=O)NCC(C)C. The van der Waals surface area contributed by atoms with Crippen LogP contribution < -0.4 is 5.32 Å². The Labute approximate surface area is 117 Å². The number of aryl methyl sites for hydroxylation is 1. The molecule has 6 heteroatoms. The average molecular weight is 278 g/mol. The first-order valence-electron chi connectivity index (χ1n) is 6.29. The molecular weight excluding hydrogens is 260 g/mol. The van der Waals surface area contributed by atoms with Crippen molar-refractivity contribution in [2.75, 3.05) is 6.54 Å². The second kappa shape index (κ2) is 5.52. The van der Waals surface area contributed by atoms with E-state index in [0.717, 1.165) is 16.7 Å².